The van der Waals surface area contributed by atoms with Gasteiger partial charge < -0.3 is 9.72 Å². The third-order valence-corrected chi connectivity index (χ3v) is 2.74. The first-order valence-corrected chi connectivity index (χ1v) is 4.98. The zero-order valence-electron chi connectivity index (χ0n) is 8.62. The Bertz CT molecular complexity index is 364. The fraction of sp³-hybridized carbons (Fsp3) is 0.700. The number of aromatic nitrogens is 2. The molecule has 78 valence electrons. The molecule has 1 aromatic heterocycles. The molecule has 4 nitrogen and oxygen atoms in total. The number of hydrogen-bond donors (Lipinski definition) is 1. The Morgan fingerprint density at radius 1 is 1.64 bits per heavy atom. The highest BCUT2D eigenvalue weighted by molar-refractivity contribution is 4.87. The number of rotatable bonds is 1. The van der Waals surface area contributed by atoms with E-state index in [1.165, 1.54) is 0 Å². The first kappa shape index (κ1) is 9.52. The summed E-state index contributed by atoms with van der Waals surface area (Å²) in [5.41, 5.74) is -0.132. The van der Waals surface area contributed by atoms with E-state index in [2.05, 4.69) is 18.8 Å². The smallest absolute Gasteiger partial charge is 0.325 e. The second-order valence-corrected chi connectivity index (χ2v) is 4.43. The average Bonchev–Trinajstić information content (AvgIpc) is 2.49. The van der Waals surface area contributed by atoms with Gasteiger partial charge in [-0.15, -0.1) is 0 Å². The van der Waals surface area contributed by atoms with Crippen LogP contribution in [0, 0.1) is 0 Å². The number of H-pyrrole nitrogens is 1. The van der Waals surface area contributed by atoms with E-state index >= 15 is 0 Å². The van der Waals surface area contributed by atoms with Crippen LogP contribution in [0.5, 0.6) is 0 Å². The quantitative estimate of drug-likeness (QED) is 0.736. The van der Waals surface area contributed by atoms with Gasteiger partial charge in [-0.1, -0.05) is 0 Å². The van der Waals surface area contributed by atoms with E-state index in [1.807, 2.05) is 6.20 Å². The van der Waals surface area contributed by atoms with E-state index < -0.39 is 0 Å². The van der Waals surface area contributed by atoms with Crippen LogP contribution in [0.2, 0.25) is 0 Å². The Labute approximate surface area is 82.9 Å². The predicted molar refractivity (Wildman–Crippen MR) is 53.4 cm³/mol. The Kier molecular flexibility index (Phi) is 2.23. The zero-order valence-corrected chi connectivity index (χ0v) is 8.62. The highest BCUT2D eigenvalue weighted by Gasteiger charge is 2.30. The molecule has 0 radical (unpaired) electrons. The molecule has 4 heteroatoms. The van der Waals surface area contributed by atoms with Crippen molar-refractivity contribution in [3.8, 4) is 0 Å². The maximum absolute atomic E-state index is 11.4. The molecule has 2 heterocycles. The fourth-order valence-corrected chi connectivity index (χ4v) is 2.06. The second-order valence-electron chi connectivity index (χ2n) is 4.43. The molecule has 1 unspecified atom stereocenters. The summed E-state index contributed by atoms with van der Waals surface area (Å²) in [5, 5.41) is 0. The molecule has 14 heavy (non-hydrogen) atoms. The number of aromatic amines is 1. The lowest BCUT2D eigenvalue weighted by Crippen LogP contribution is -2.37. The van der Waals surface area contributed by atoms with Crippen LogP contribution in [0.25, 0.3) is 0 Å². The number of nitrogens with one attached hydrogen (secondary N) is 1. The number of nitrogens with zero attached hydrogens (tertiary/aromatic N) is 1. The third-order valence-electron chi connectivity index (χ3n) is 2.74. The Balaban J connectivity index is 2.20. The van der Waals surface area contributed by atoms with Gasteiger partial charge in [0.25, 0.3) is 0 Å². The maximum atomic E-state index is 11.4. The lowest BCUT2D eigenvalue weighted by atomic mass is 9.94. The summed E-state index contributed by atoms with van der Waals surface area (Å²) in [4.78, 5) is 14.1. The van der Waals surface area contributed by atoms with Crippen LogP contribution < -0.4 is 5.69 Å². The van der Waals surface area contributed by atoms with Crippen LogP contribution in [0.4, 0.5) is 0 Å². The van der Waals surface area contributed by atoms with Crippen molar-refractivity contribution < 1.29 is 4.74 Å². The maximum Gasteiger partial charge on any atom is 0.325 e. The molecule has 2 rings (SSSR count). The first-order chi connectivity index (χ1) is 6.58. The summed E-state index contributed by atoms with van der Waals surface area (Å²) >= 11 is 0. The van der Waals surface area contributed by atoms with E-state index in [4.69, 9.17) is 4.74 Å². The van der Waals surface area contributed by atoms with Gasteiger partial charge in [-0.05, 0) is 26.7 Å². The number of ether oxygens (including phenoxy) is 1. The van der Waals surface area contributed by atoms with Crippen molar-refractivity contribution in [3.05, 3.63) is 22.9 Å². The average molecular weight is 196 g/mol. The van der Waals surface area contributed by atoms with Gasteiger partial charge in [0.1, 0.15) is 0 Å². The molecular formula is C10H16N2O2. The van der Waals surface area contributed by atoms with Crippen molar-refractivity contribution in [1.29, 1.82) is 0 Å². The standard InChI is InChI=1S/C10H16N2O2/c1-10(2)7-8(3-6-14-10)12-5-4-11-9(12)13/h4-5,8H,3,6-7H2,1-2H3,(H,11,13). The molecule has 1 atom stereocenters. The largest absolute Gasteiger partial charge is 0.375 e. The molecule has 1 N–H and O–H groups in total. The topological polar surface area (TPSA) is 47.0 Å². The Hall–Kier alpha value is -1.03. The molecular weight excluding hydrogens is 180 g/mol. The predicted octanol–water partition coefficient (Wildman–Crippen LogP) is 1.31. The minimum atomic E-state index is -0.111. The molecule has 1 fully saturated rings. The molecule has 1 aromatic rings. The van der Waals surface area contributed by atoms with Crippen molar-refractivity contribution in [3.63, 3.8) is 0 Å². The summed E-state index contributed by atoms with van der Waals surface area (Å²) in [6, 6.07) is 0.275. The molecule has 0 amide bonds. The van der Waals surface area contributed by atoms with Gasteiger partial charge >= 0.3 is 5.69 Å². The van der Waals surface area contributed by atoms with Crippen LogP contribution in [0.3, 0.4) is 0 Å². The van der Waals surface area contributed by atoms with Gasteiger partial charge in [0.2, 0.25) is 0 Å². The van der Waals surface area contributed by atoms with E-state index in [9.17, 15) is 4.79 Å². The van der Waals surface area contributed by atoms with Crippen LogP contribution in [0.1, 0.15) is 32.7 Å². The Morgan fingerprint density at radius 2 is 2.43 bits per heavy atom. The first-order valence-electron chi connectivity index (χ1n) is 4.98. The van der Waals surface area contributed by atoms with Crippen LogP contribution >= 0.6 is 0 Å². The Morgan fingerprint density at radius 3 is 3.00 bits per heavy atom. The second kappa shape index (κ2) is 3.28. The van der Waals surface area contributed by atoms with Crippen molar-refractivity contribution >= 4 is 0 Å². The minimum Gasteiger partial charge on any atom is -0.375 e. The number of imidazole rings is 1. The molecule has 0 aromatic carbocycles. The van der Waals surface area contributed by atoms with Crippen molar-refractivity contribution in [2.75, 3.05) is 6.61 Å². The third kappa shape index (κ3) is 1.75. The van der Waals surface area contributed by atoms with Crippen molar-refractivity contribution in [2.24, 2.45) is 0 Å². The molecule has 0 bridgehead atoms. The SMILES string of the molecule is CC1(C)CC(n2cc[nH]c2=O)CCO1. The van der Waals surface area contributed by atoms with Gasteiger partial charge in [-0.3, -0.25) is 4.57 Å². The molecule has 1 saturated heterocycles. The highest BCUT2D eigenvalue weighted by atomic mass is 16.5. The molecule has 0 spiro atoms. The van der Waals surface area contributed by atoms with Gasteiger partial charge in [-0.2, -0.15) is 0 Å². The molecule has 0 aliphatic carbocycles. The normalized spacial score (nSPS) is 26.3. The lowest BCUT2D eigenvalue weighted by molar-refractivity contribution is -0.0695. The summed E-state index contributed by atoms with van der Waals surface area (Å²) in [6.45, 7) is 4.86. The monoisotopic (exact) mass is 196 g/mol. The summed E-state index contributed by atoms with van der Waals surface area (Å²) in [5.74, 6) is 0. The van der Waals surface area contributed by atoms with Gasteiger partial charge in [-0.25, -0.2) is 4.79 Å². The van der Waals surface area contributed by atoms with E-state index in [0.29, 0.717) is 0 Å². The molecule has 1 aliphatic heterocycles. The molecule has 1 aliphatic rings. The lowest BCUT2D eigenvalue weighted by Gasteiger charge is -2.35. The summed E-state index contributed by atoms with van der Waals surface area (Å²) < 4.78 is 7.38. The van der Waals surface area contributed by atoms with Crippen LogP contribution in [0.15, 0.2) is 17.2 Å². The summed E-state index contributed by atoms with van der Waals surface area (Å²) in [7, 11) is 0. The summed E-state index contributed by atoms with van der Waals surface area (Å²) in [6.07, 6.45) is 5.31. The zero-order chi connectivity index (χ0) is 10.2. The fourth-order valence-electron chi connectivity index (χ4n) is 2.06. The van der Waals surface area contributed by atoms with Gasteiger partial charge in [0, 0.05) is 25.0 Å². The molecule has 0 saturated carbocycles. The van der Waals surface area contributed by atoms with E-state index in [0.717, 1.165) is 19.4 Å². The van der Waals surface area contributed by atoms with Crippen LogP contribution in [-0.2, 0) is 4.74 Å². The number of hydrogen-bond acceptors (Lipinski definition) is 2. The van der Waals surface area contributed by atoms with Crippen LogP contribution in [-0.4, -0.2) is 21.8 Å². The van der Waals surface area contributed by atoms with Gasteiger partial charge in [0.05, 0.1) is 5.60 Å². The van der Waals surface area contributed by atoms with E-state index in [-0.39, 0.29) is 17.3 Å². The highest BCUT2D eigenvalue weighted by Crippen LogP contribution is 2.30. The van der Waals surface area contributed by atoms with Crippen molar-refractivity contribution in [2.45, 2.75) is 38.3 Å². The van der Waals surface area contributed by atoms with Crippen molar-refractivity contribution in [1.82, 2.24) is 9.55 Å². The van der Waals surface area contributed by atoms with E-state index in [1.54, 1.807) is 10.8 Å². The minimum absolute atomic E-state index is 0.0206. The van der Waals surface area contributed by atoms with Gasteiger partial charge in [0.15, 0.2) is 0 Å².